The van der Waals surface area contributed by atoms with E-state index in [4.69, 9.17) is 0 Å². The van der Waals surface area contributed by atoms with E-state index in [-0.39, 0.29) is 11.4 Å². The zero-order chi connectivity index (χ0) is 29.2. The number of benzene rings is 4. The van der Waals surface area contributed by atoms with Crippen molar-refractivity contribution in [1.29, 1.82) is 0 Å². The number of hydrogen-bond acceptors (Lipinski definition) is 6. The predicted molar refractivity (Wildman–Crippen MR) is 155 cm³/mol. The number of hydrazone groups is 1. The largest absolute Gasteiger partial charge is 0.293 e. The van der Waals surface area contributed by atoms with E-state index in [0.29, 0.717) is 5.56 Å². The van der Waals surface area contributed by atoms with Crippen LogP contribution in [-0.2, 0) is 15.0 Å². The minimum Gasteiger partial charge on any atom is -0.274 e. The summed E-state index contributed by atoms with van der Waals surface area (Å²) in [6.45, 7) is 1.89. The van der Waals surface area contributed by atoms with E-state index >= 15 is 0 Å². The summed E-state index contributed by atoms with van der Waals surface area (Å²) in [5, 5.41) is 16.3. The standard InChI is InChI=1S/C33H24N4O5/c1-19-9-8-10-20(17-19)30(38)35-34-18-33-23-13-4-2-11-21(23)27(22-12-3-5-14-24(22)33)28-29(33)32(40)36(31(28)39)25-15-6-7-16-26(25)37(41)42/h2-18,27-29H,1H3,(H,35,38)/b34-18+/t27?,28-,29+,33?/m0/s1. The number of hydrogen-bond donors (Lipinski definition) is 1. The lowest BCUT2D eigenvalue weighted by Crippen LogP contribution is -2.54. The molecule has 0 unspecified atom stereocenters. The highest BCUT2D eigenvalue weighted by Gasteiger charge is 2.68. The molecule has 0 saturated carbocycles. The van der Waals surface area contributed by atoms with Crippen LogP contribution >= 0.6 is 0 Å². The first kappa shape index (κ1) is 25.5. The molecule has 3 amide bonds. The van der Waals surface area contributed by atoms with Gasteiger partial charge in [-0.2, -0.15) is 5.10 Å². The summed E-state index contributed by atoms with van der Waals surface area (Å²) in [5.74, 6) is -3.62. The molecule has 9 nitrogen and oxygen atoms in total. The summed E-state index contributed by atoms with van der Waals surface area (Å²) in [6.07, 6.45) is 1.57. The van der Waals surface area contributed by atoms with E-state index in [2.05, 4.69) is 10.5 Å². The maximum atomic E-state index is 14.4. The van der Waals surface area contributed by atoms with Gasteiger partial charge in [0.15, 0.2) is 0 Å². The lowest BCUT2D eigenvalue weighted by molar-refractivity contribution is -0.384. The zero-order valence-electron chi connectivity index (χ0n) is 22.4. The second kappa shape index (κ2) is 9.31. The molecule has 9 heteroatoms. The summed E-state index contributed by atoms with van der Waals surface area (Å²) in [6, 6.07) is 28.2. The normalized spacial score (nSPS) is 23.5. The van der Waals surface area contributed by atoms with E-state index in [9.17, 15) is 24.5 Å². The van der Waals surface area contributed by atoms with Crippen molar-refractivity contribution in [3.8, 4) is 0 Å². The maximum absolute atomic E-state index is 14.4. The quantitative estimate of drug-likeness (QED) is 0.163. The topological polar surface area (TPSA) is 122 Å². The Morgan fingerprint density at radius 1 is 0.905 bits per heavy atom. The van der Waals surface area contributed by atoms with Gasteiger partial charge in [-0.1, -0.05) is 78.4 Å². The zero-order valence-corrected chi connectivity index (χ0v) is 22.4. The second-order valence-corrected chi connectivity index (χ2v) is 10.9. The summed E-state index contributed by atoms with van der Waals surface area (Å²) in [4.78, 5) is 54.0. The number of nitrogens with one attached hydrogen (secondary N) is 1. The molecule has 0 radical (unpaired) electrons. The van der Waals surface area contributed by atoms with Crippen LogP contribution in [0.3, 0.4) is 0 Å². The fourth-order valence-electron chi connectivity index (χ4n) is 7.14. The van der Waals surface area contributed by atoms with Crippen molar-refractivity contribution in [2.24, 2.45) is 16.9 Å². The van der Waals surface area contributed by atoms with Crippen LogP contribution in [0.15, 0.2) is 102 Å². The monoisotopic (exact) mass is 556 g/mol. The number of imide groups is 1. The van der Waals surface area contributed by atoms with Gasteiger partial charge in [-0.3, -0.25) is 24.5 Å². The minimum absolute atomic E-state index is 0.0562. The third kappa shape index (κ3) is 3.43. The number of rotatable bonds is 5. The van der Waals surface area contributed by atoms with E-state index < -0.39 is 45.8 Å². The van der Waals surface area contributed by atoms with Crippen molar-refractivity contribution in [2.45, 2.75) is 18.3 Å². The lowest BCUT2D eigenvalue weighted by atomic mass is 9.47. The van der Waals surface area contributed by atoms with Crippen LogP contribution in [0.2, 0.25) is 0 Å². The summed E-state index contributed by atoms with van der Waals surface area (Å²) < 4.78 is 0. The van der Waals surface area contributed by atoms with Crippen LogP contribution in [0.4, 0.5) is 11.4 Å². The molecule has 8 rings (SSSR count). The van der Waals surface area contributed by atoms with Gasteiger partial charge in [0.1, 0.15) is 5.69 Å². The van der Waals surface area contributed by atoms with E-state index in [1.807, 2.05) is 61.5 Å². The van der Waals surface area contributed by atoms with Gasteiger partial charge in [0.2, 0.25) is 11.8 Å². The highest BCUT2D eigenvalue weighted by molar-refractivity contribution is 6.25. The van der Waals surface area contributed by atoms with Crippen molar-refractivity contribution in [3.63, 3.8) is 0 Å². The molecule has 4 aromatic carbocycles. The Bertz CT molecular complexity index is 1820. The van der Waals surface area contributed by atoms with Crippen molar-refractivity contribution in [1.82, 2.24) is 5.43 Å². The van der Waals surface area contributed by atoms with E-state index in [0.717, 1.165) is 32.7 Å². The molecule has 0 spiro atoms. The number of para-hydroxylation sites is 2. The smallest absolute Gasteiger partial charge is 0.274 e. The van der Waals surface area contributed by atoms with E-state index in [1.165, 1.54) is 18.2 Å². The molecule has 1 fully saturated rings. The molecular formula is C33H24N4O5. The molecular weight excluding hydrogens is 532 g/mol. The lowest BCUT2D eigenvalue weighted by Gasteiger charge is -2.52. The van der Waals surface area contributed by atoms with Gasteiger partial charge < -0.3 is 0 Å². The van der Waals surface area contributed by atoms with Gasteiger partial charge in [0.05, 0.1) is 22.2 Å². The first-order chi connectivity index (χ1) is 20.3. The molecule has 4 aliphatic rings. The van der Waals surface area contributed by atoms with Gasteiger partial charge in [0.25, 0.3) is 11.6 Å². The van der Waals surface area contributed by atoms with Crippen LogP contribution < -0.4 is 10.3 Å². The number of amides is 3. The minimum atomic E-state index is -1.21. The van der Waals surface area contributed by atoms with Gasteiger partial charge in [0, 0.05) is 23.8 Å². The molecule has 0 aromatic heterocycles. The molecule has 1 aliphatic heterocycles. The summed E-state index contributed by atoms with van der Waals surface area (Å²) in [7, 11) is 0. The van der Waals surface area contributed by atoms with Crippen LogP contribution in [0.25, 0.3) is 0 Å². The number of nitro groups is 1. The Hall–Kier alpha value is -5.44. The Balaban J connectivity index is 1.41. The molecule has 1 heterocycles. The number of anilines is 1. The van der Waals surface area contributed by atoms with Crippen LogP contribution in [0.1, 0.15) is 44.1 Å². The predicted octanol–water partition coefficient (Wildman–Crippen LogP) is 4.87. The van der Waals surface area contributed by atoms with Crippen LogP contribution in [0.5, 0.6) is 0 Å². The number of carbonyl (C=O) groups excluding carboxylic acids is 3. The molecule has 4 aromatic rings. The van der Waals surface area contributed by atoms with Gasteiger partial charge in [-0.15, -0.1) is 0 Å². The van der Waals surface area contributed by atoms with Crippen molar-refractivity contribution >= 4 is 35.3 Å². The molecule has 3 aliphatic carbocycles. The third-order valence-electron chi connectivity index (χ3n) is 8.72. The second-order valence-electron chi connectivity index (χ2n) is 10.9. The van der Waals surface area contributed by atoms with Crippen LogP contribution in [-0.4, -0.2) is 28.9 Å². The van der Waals surface area contributed by atoms with Crippen molar-refractivity contribution in [3.05, 3.63) is 141 Å². The average Bonchev–Trinajstić information content (AvgIpc) is 3.27. The Kier molecular flexibility index (Phi) is 5.65. The highest BCUT2D eigenvalue weighted by Crippen LogP contribution is 2.63. The third-order valence-corrected chi connectivity index (χ3v) is 8.72. The fourth-order valence-corrected chi connectivity index (χ4v) is 7.14. The fraction of sp³-hybridized carbons (Fsp3) is 0.152. The molecule has 2 atom stereocenters. The first-order valence-corrected chi connectivity index (χ1v) is 13.6. The Labute approximate surface area is 240 Å². The maximum Gasteiger partial charge on any atom is 0.293 e. The molecule has 2 bridgehead atoms. The molecule has 42 heavy (non-hydrogen) atoms. The van der Waals surface area contributed by atoms with Crippen molar-refractivity contribution < 1.29 is 19.3 Å². The highest BCUT2D eigenvalue weighted by atomic mass is 16.6. The van der Waals surface area contributed by atoms with Crippen molar-refractivity contribution in [2.75, 3.05) is 4.90 Å². The number of nitro benzene ring substituents is 1. The SMILES string of the molecule is Cc1cccc(C(=O)N/N=C/C23c4ccccc4C(c4ccccc42)[C@@H]2C(=O)N(c4ccccc4[N+](=O)[O-])C(=O)[C@@H]23)c1. The first-order valence-electron chi connectivity index (χ1n) is 13.6. The Morgan fingerprint density at radius 2 is 1.55 bits per heavy atom. The molecule has 1 N–H and O–H groups in total. The average molecular weight is 557 g/mol. The Morgan fingerprint density at radius 3 is 2.21 bits per heavy atom. The summed E-state index contributed by atoms with van der Waals surface area (Å²) >= 11 is 0. The summed E-state index contributed by atoms with van der Waals surface area (Å²) in [5.41, 5.74) is 5.79. The number of carbonyl (C=O) groups is 3. The van der Waals surface area contributed by atoms with Crippen LogP contribution in [0, 0.1) is 28.9 Å². The van der Waals surface area contributed by atoms with Gasteiger partial charge >= 0.3 is 0 Å². The molecule has 206 valence electrons. The number of nitrogens with zero attached hydrogens (tertiary/aromatic N) is 3. The van der Waals surface area contributed by atoms with E-state index in [1.54, 1.807) is 30.5 Å². The van der Waals surface area contributed by atoms with Gasteiger partial charge in [-0.25, -0.2) is 10.3 Å². The van der Waals surface area contributed by atoms with Gasteiger partial charge in [-0.05, 0) is 47.4 Å². The number of aryl methyl sites for hydroxylation is 1. The molecule has 1 saturated heterocycles.